The largest absolute Gasteiger partial charge is 0.493 e. The van der Waals surface area contributed by atoms with Crippen molar-refractivity contribution >= 4 is 0 Å². The zero-order valence-electron chi connectivity index (χ0n) is 12.5. The molecule has 1 aromatic rings. The summed E-state index contributed by atoms with van der Waals surface area (Å²) in [6, 6.07) is 8.62. The van der Waals surface area contributed by atoms with Crippen molar-refractivity contribution in [1.82, 2.24) is 0 Å². The van der Waals surface area contributed by atoms with Gasteiger partial charge in [0.2, 0.25) is 0 Å². The van der Waals surface area contributed by atoms with Gasteiger partial charge in [-0.05, 0) is 42.4 Å². The summed E-state index contributed by atoms with van der Waals surface area (Å²) in [6.45, 7) is 8.19. The van der Waals surface area contributed by atoms with Crippen molar-refractivity contribution < 1.29 is 4.74 Å². The van der Waals surface area contributed by atoms with Gasteiger partial charge in [0.1, 0.15) is 5.75 Å². The third-order valence-electron chi connectivity index (χ3n) is 4.58. The SMILES string of the molecule is CC(C)COc1ccc(C2(CN)CCCC2C)cc1. The van der Waals surface area contributed by atoms with Crippen LogP contribution in [-0.2, 0) is 5.41 Å². The molecule has 2 unspecified atom stereocenters. The van der Waals surface area contributed by atoms with E-state index in [-0.39, 0.29) is 5.41 Å². The lowest BCUT2D eigenvalue weighted by molar-refractivity contribution is 0.270. The van der Waals surface area contributed by atoms with Crippen LogP contribution in [0.5, 0.6) is 5.75 Å². The first-order valence-electron chi connectivity index (χ1n) is 7.52. The van der Waals surface area contributed by atoms with Gasteiger partial charge in [0, 0.05) is 12.0 Å². The molecule has 1 saturated carbocycles. The molecule has 1 aliphatic carbocycles. The Balaban J connectivity index is 2.13. The molecule has 1 aromatic carbocycles. The highest BCUT2D eigenvalue weighted by atomic mass is 16.5. The molecular weight excluding hydrogens is 234 g/mol. The number of hydrogen-bond donors (Lipinski definition) is 1. The first-order valence-corrected chi connectivity index (χ1v) is 7.52. The van der Waals surface area contributed by atoms with Gasteiger partial charge < -0.3 is 10.5 Å². The molecule has 2 heteroatoms. The van der Waals surface area contributed by atoms with Crippen molar-refractivity contribution in [3.8, 4) is 5.75 Å². The average Bonchev–Trinajstić information content (AvgIpc) is 2.79. The molecule has 2 N–H and O–H groups in total. The Morgan fingerprint density at radius 1 is 1.32 bits per heavy atom. The Bertz CT molecular complexity index is 398. The zero-order chi connectivity index (χ0) is 13.9. The van der Waals surface area contributed by atoms with Crippen molar-refractivity contribution in [3.05, 3.63) is 29.8 Å². The standard InChI is InChI=1S/C17H27NO/c1-13(2)11-19-16-8-6-15(7-9-16)17(12-18)10-4-5-14(17)3/h6-9,13-14H,4-5,10-12,18H2,1-3H3. The van der Waals surface area contributed by atoms with Gasteiger partial charge in [-0.25, -0.2) is 0 Å². The third-order valence-corrected chi connectivity index (χ3v) is 4.58. The van der Waals surface area contributed by atoms with Crippen LogP contribution >= 0.6 is 0 Å². The van der Waals surface area contributed by atoms with E-state index in [1.165, 1.54) is 24.8 Å². The molecule has 0 aromatic heterocycles. The molecule has 0 aliphatic heterocycles. The van der Waals surface area contributed by atoms with Gasteiger partial charge in [0.25, 0.3) is 0 Å². The third kappa shape index (κ3) is 2.94. The van der Waals surface area contributed by atoms with Crippen LogP contribution in [0, 0.1) is 11.8 Å². The summed E-state index contributed by atoms with van der Waals surface area (Å²) in [6.07, 6.45) is 3.81. The van der Waals surface area contributed by atoms with Crippen LogP contribution in [0.3, 0.4) is 0 Å². The Morgan fingerprint density at radius 2 is 2.00 bits per heavy atom. The maximum atomic E-state index is 6.10. The van der Waals surface area contributed by atoms with Crippen LogP contribution in [0.1, 0.15) is 45.6 Å². The van der Waals surface area contributed by atoms with E-state index in [0.29, 0.717) is 11.8 Å². The van der Waals surface area contributed by atoms with Gasteiger partial charge in [-0.15, -0.1) is 0 Å². The molecule has 0 radical (unpaired) electrons. The van der Waals surface area contributed by atoms with Crippen molar-refractivity contribution in [2.45, 2.75) is 45.4 Å². The molecule has 1 aliphatic rings. The second-order valence-electron chi connectivity index (χ2n) is 6.38. The quantitative estimate of drug-likeness (QED) is 0.876. The van der Waals surface area contributed by atoms with Gasteiger partial charge in [0.15, 0.2) is 0 Å². The van der Waals surface area contributed by atoms with E-state index < -0.39 is 0 Å². The Kier molecular flexibility index (Phi) is 4.51. The lowest BCUT2D eigenvalue weighted by Crippen LogP contribution is -2.37. The molecule has 0 bridgehead atoms. The van der Waals surface area contributed by atoms with Gasteiger partial charge in [-0.3, -0.25) is 0 Å². The summed E-state index contributed by atoms with van der Waals surface area (Å²) in [5.41, 5.74) is 7.67. The lowest BCUT2D eigenvalue weighted by Gasteiger charge is -2.33. The van der Waals surface area contributed by atoms with E-state index in [1.54, 1.807) is 0 Å². The normalized spacial score (nSPS) is 26.9. The van der Waals surface area contributed by atoms with Crippen LogP contribution in [0.25, 0.3) is 0 Å². The van der Waals surface area contributed by atoms with E-state index in [9.17, 15) is 0 Å². The fourth-order valence-corrected chi connectivity index (χ4v) is 3.24. The fraction of sp³-hybridized carbons (Fsp3) is 0.647. The van der Waals surface area contributed by atoms with Gasteiger partial charge in [0.05, 0.1) is 6.61 Å². The summed E-state index contributed by atoms with van der Waals surface area (Å²) in [5.74, 6) is 2.21. The summed E-state index contributed by atoms with van der Waals surface area (Å²) in [7, 11) is 0. The minimum absolute atomic E-state index is 0.191. The average molecular weight is 261 g/mol. The highest BCUT2D eigenvalue weighted by molar-refractivity contribution is 5.34. The maximum Gasteiger partial charge on any atom is 0.119 e. The molecule has 0 spiro atoms. The predicted octanol–water partition coefficient (Wildman–Crippen LogP) is 3.74. The zero-order valence-corrected chi connectivity index (χ0v) is 12.5. The van der Waals surface area contributed by atoms with Crippen molar-refractivity contribution in [3.63, 3.8) is 0 Å². The van der Waals surface area contributed by atoms with Crippen LogP contribution in [-0.4, -0.2) is 13.2 Å². The molecular formula is C17H27NO. The molecule has 2 atom stereocenters. The molecule has 0 amide bonds. The minimum Gasteiger partial charge on any atom is -0.493 e. The minimum atomic E-state index is 0.191. The van der Waals surface area contributed by atoms with Gasteiger partial charge in [-0.1, -0.05) is 39.3 Å². The second-order valence-corrected chi connectivity index (χ2v) is 6.38. The van der Waals surface area contributed by atoms with Crippen LogP contribution in [0.4, 0.5) is 0 Å². The molecule has 2 nitrogen and oxygen atoms in total. The van der Waals surface area contributed by atoms with E-state index in [0.717, 1.165) is 18.9 Å². The van der Waals surface area contributed by atoms with Crippen molar-refractivity contribution in [2.24, 2.45) is 17.6 Å². The Hall–Kier alpha value is -1.02. The van der Waals surface area contributed by atoms with Crippen LogP contribution < -0.4 is 10.5 Å². The van der Waals surface area contributed by atoms with E-state index in [1.807, 2.05) is 0 Å². The van der Waals surface area contributed by atoms with E-state index in [2.05, 4.69) is 45.0 Å². The van der Waals surface area contributed by atoms with Crippen LogP contribution in [0.15, 0.2) is 24.3 Å². The topological polar surface area (TPSA) is 35.2 Å². The molecule has 1 fully saturated rings. The van der Waals surface area contributed by atoms with Gasteiger partial charge in [-0.2, -0.15) is 0 Å². The van der Waals surface area contributed by atoms with Crippen molar-refractivity contribution in [1.29, 1.82) is 0 Å². The monoisotopic (exact) mass is 261 g/mol. The van der Waals surface area contributed by atoms with E-state index in [4.69, 9.17) is 10.5 Å². The fourth-order valence-electron chi connectivity index (χ4n) is 3.24. The number of hydrogen-bond acceptors (Lipinski definition) is 2. The molecule has 0 heterocycles. The van der Waals surface area contributed by atoms with Crippen LogP contribution in [0.2, 0.25) is 0 Å². The summed E-state index contributed by atoms with van der Waals surface area (Å²) in [5, 5.41) is 0. The lowest BCUT2D eigenvalue weighted by atomic mass is 9.73. The smallest absolute Gasteiger partial charge is 0.119 e. The van der Waals surface area contributed by atoms with E-state index >= 15 is 0 Å². The second kappa shape index (κ2) is 5.96. The predicted molar refractivity (Wildman–Crippen MR) is 80.5 cm³/mol. The molecule has 0 saturated heterocycles. The maximum absolute atomic E-state index is 6.10. The van der Waals surface area contributed by atoms with Crippen molar-refractivity contribution in [2.75, 3.05) is 13.2 Å². The highest BCUT2D eigenvalue weighted by Gasteiger charge is 2.40. The first-order chi connectivity index (χ1) is 9.08. The molecule has 19 heavy (non-hydrogen) atoms. The first kappa shape index (κ1) is 14.4. The number of rotatable bonds is 5. The summed E-state index contributed by atoms with van der Waals surface area (Å²) >= 11 is 0. The summed E-state index contributed by atoms with van der Waals surface area (Å²) < 4.78 is 5.75. The van der Waals surface area contributed by atoms with Gasteiger partial charge >= 0.3 is 0 Å². The Labute approximate surface area is 117 Å². The molecule has 106 valence electrons. The highest BCUT2D eigenvalue weighted by Crippen LogP contribution is 2.45. The Morgan fingerprint density at radius 3 is 2.47 bits per heavy atom. The molecule has 2 rings (SSSR count). The number of ether oxygens (including phenoxy) is 1. The number of nitrogens with two attached hydrogens (primary N) is 1. The summed E-state index contributed by atoms with van der Waals surface area (Å²) in [4.78, 5) is 0. The number of benzene rings is 1.